The van der Waals surface area contributed by atoms with Gasteiger partial charge in [0.2, 0.25) is 11.8 Å². The van der Waals surface area contributed by atoms with Crippen LogP contribution in [0, 0.1) is 11.8 Å². The number of carbonyl (C=O) groups excluding carboxylic acids is 4. The maximum Gasteiger partial charge on any atom is 0.407 e. The van der Waals surface area contributed by atoms with Crippen LogP contribution in [0.2, 0.25) is 0 Å². The van der Waals surface area contributed by atoms with E-state index >= 15 is 0 Å². The van der Waals surface area contributed by atoms with Gasteiger partial charge in [-0.2, -0.15) is 0 Å². The third kappa shape index (κ3) is 7.62. The van der Waals surface area contributed by atoms with Crippen molar-refractivity contribution in [3.63, 3.8) is 0 Å². The Balaban J connectivity index is 1.06. The van der Waals surface area contributed by atoms with Crippen LogP contribution in [0.4, 0.5) is 9.59 Å². The predicted molar refractivity (Wildman–Crippen MR) is 230 cm³/mol. The molecule has 4 atom stereocenters. The van der Waals surface area contributed by atoms with Crippen LogP contribution >= 0.6 is 0 Å². The Hall–Kier alpha value is -6.44. The number of alkyl carbamates (subject to hydrolysis) is 2. The number of benzene rings is 4. The van der Waals surface area contributed by atoms with Crippen LogP contribution in [-0.2, 0) is 19.1 Å². The third-order valence-corrected chi connectivity index (χ3v) is 12.0. The number of likely N-dealkylation sites (tertiary alicyclic amines) is 2. The summed E-state index contributed by atoms with van der Waals surface area (Å²) in [5.74, 6) is 0.941. The highest BCUT2D eigenvalue weighted by atomic mass is 16.5. The summed E-state index contributed by atoms with van der Waals surface area (Å²) in [6, 6.07) is 23.3. The summed E-state index contributed by atoms with van der Waals surface area (Å²) in [5.41, 5.74) is 7.62. The minimum Gasteiger partial charge on any atom is -0.453 e. The zero-order chi connectivity index (χ0) is 42.2. The Kier molecular flexibility index (Phi) is 11.2. The molecule has 14 nitrogen and oxygen atoms in total. The Labute approximate surface area is 348 Å². The highest BCUT2D eigenvalue weighted by molar-refractivity contribution is 6.05. The fraction of sp³-hybridized carbons (Fsp3) is 0.391. The smallest absolute Gasteiger partial charge is 0.407 e. The molecule has 0 radical (unpaired) electrons. The molecule has 6 aromatic rings. The van der Waals surface area contributed by atoms with Gasteiger partial charge < -0.3 is 39.9 Å². The molecule has 312 valence electrons. The molecule has 0 aliphatic carbocycles. The lowest BCUT2D eigenvalue weighted by Crippen LogP contribution is -2.51. The van der Waals surface area contributed by atoms with Crippen molar-refractivity contribution in [2.75, 3.05) is 27.3 Å². The largest absolute Gasteiger partial charge is 0.453 e. The van der Waals surface area contributed by atoms with Crippen LogP contribution in [0.1, 0.15) is 77.1 Å². The summed E-state index contributed by atoms with van der Waals surface area (Å²) in [5, 5.41) is 7.64. The molecule has 4 aromatic carbocycles. The molecule has 0 unspecified atom stereocenters. The van der Waals surface area contributed by atoms with E-state index < -0.39 is 24.3 Å². The van der Waals surface area contributed by atoms with Crippen LogP contribution in [0.15, 0.2) is 72.8 Å². The third-order valence-electron chi connectivity index (χ3n) is 12.0. The highest BCUT2D eigenvalue weighted by Crippen LogP contribution is 2.39. The zero-order valence-electron chi connectivity index (χ0n) is 34.9. The number of hydrogen-bond donors (Lipinski definition) is 4. The topological polar surface area (TPSA) is 175 Å². The van der Waals surface area contributed by atoms with E-state index in [9.17, 15) is 19.2 Å². The standard InChI is InChI=1S/C46H52N8O6/c1-25(2)39(51-45(57)59-5)43(55)53-21-9-15-37(53)41-47-33-19-17-27(23-35(33)49-41)29-11-7-14-32-30(12-8-13-31(29)32)28-18-20-34-36(24-28)50-42(48-34)38-16-10-22-54(38)44(56)40(26(3)4)52-46(58)60-6/h7-8,11-14,17-20,23-26,37-40H,9-10,15-16,21-22H2,1-6H3,(H,47,49)(H,48,50)(H,51,57)(H,52,58)/t37-,38-,39-,40-/m0/s1. The first-order valence-corrected chi connectivity index (χ1v) is 20.8. The molecule has 0 bridgehead atoms. The van der Waals surface area contributed by atoms with E-state index in [0.29, 0.717) is 13.1 Å². The van der Waals surface area contributed by atoms with Gasteiger partial charge in [-0.15, -0.1) is 0 Å². The van der Waals surface area contributed by atoms with Crippen molar-refractivity contribution in [1.82, 2.24) is 40.4 Å². The first kappa shape index (κ1) is 40.3. The molecule has 0 saturated carbocycles. The van der Waals surface area contributed by atoms with Gasteiger partial charge in [0.25, 0.3) is 0 Å². The molecule has 4 amide bonds. The molecule has 0 spiro atoms. The monoisotopic (exact) mass is 812 g/mol. The van der Waals surface area contributed by atoms with Crippen molar-refractivity contribution in [2.24, 2.45) is 11.8 Å². The number of nitrogens with zero attached hydrogens (tertiary/aromatic N) is 4. The lowest BCUT2D eigenvalue weighted by Gasteiger charge is -2.29. The predicted octanol–water partition coefficient (Wildman–Crippen LogP) is 8.01. The van der Waals surface area contributed by atoms with Gasteiger partial charge >= 0.3 is 12.2 Å². The van der Waals surface area contributed by atoms with Gasteiger partial charge in [-0.1, -0.05) is 76.2 Å². The number of imidazole rings is 2. The maximum absolute atomic E-state index is 13.7. The van der Waals surface area contributed by atoms with E-state index in [0.717, 1.165) is 92.4 Å². The van der Waals surface area contributed by atoms with Crippen LogP contribution < -0.4 is 10.6 Å². The van der Waals surface area contributed by atoms with Crippen molar-refractivity contribution in [1.29, 1.82) is 0 Å². The highest BCUT2D eigenvalue weighted by Gasteiger charge is 2.39. The van der Waals surface area contributed by atoms with Gasteiger partial charge in [-0.3, -0.25) is 9.59 Å². The molecule has 2 aliphatic rings. The summed E-state index contributed by atoms with van der Waals surface area (Å²) < 4.78 is 9.59. The van der Waals surface area contributed by atoms with E-state index in [4.69, 9.17) is 19.4 Å². The lowest BCUT2D eigenvalue weighted by atomic mass is 9.93. The van der Waals surface area contributed by atoms with Crippen LogP contribution in [0.25, 0.3) is 55.1 Å². The summed E-state index contributed by atoms with van der Waals surface area (Å²) in [7, 11) is 2.59. The van der Waals surface area contributed by atoms with Gasteiger partial charge in [-0.05, 0) is 94.8 Å². The van der Waals surface area contributed by atoms with E-state index in [-0.39, 0.29) is 35.7 Å². The molecule has 2 fully saturated rings. The molecule has 2 aliphatic heterocycles. The Morgan fingerprint density at radius 2 is 1.05 bits per heavy atom. The minimum atomic E-state index is -0.703. The number of hydrogen-bond acceptors (Lipinski definition) is 8. The second kappa shape index (κ2) is 16.7. The second-order valence-electron chi connectivity index (χ2n) is 16.5. The number of amides is 4. The quantitative estimate of drug-likeness (QED) is 0.108. The fourth-order valence-electron chi connectivity index (χ4n) is 8.91. The number of nitrogens with one attached hydrogen (secondary N) is 4. The van der Waals surface area contributed by atoms with Gasteiger partial charge in [-0.25, -0.2) is 19.6 Å². The summed E-state index contributed by atoms with van der Waals surface area (Å²) in [6.45, 7) is 8.80. The normalized spacial score (nSPS) is 17.8. The Morgan fingerprint density at radius 1 is 0.633 bits per heavy atom. The number of ether oxygens (including phenoxy) is 2. The van der Waals surface area contributed by atoms with Crippen molar-refractivity contribution in [3.8, 4) is 22.3 Å². The van der Waals surface area contributed by atoms with E-state index in [1.807, 2.05) is 49.6 Å². The number of H-pyrrole nitrogens is 2. The molecule has 8 rings (SSSR count). The summed E-state index contributed by atoms with van der Waals surface area (Å²) in [4.78, 5) is 72.2. The van der Waals surface area contributed by atoms with Crippen molar-refractivity contribution >= 4 is 56.8 Å². The average molecular weight is 813 g/mol. The van der Waals surface area contributed by atoms with E-state index in [1.54, 1.807) is 0 Å². The van der Waals surface area contributed by atoms with Crippen molar-refractivity contribution in [2.45, 2.75) is 77.5 Å². The van der Waals surface area contributed by atoms with Crippen molar-refractivity contribution < 1.29 is 28.7 Å². The number of aromatic nitrogens is 4. The summed E-state index contributed by atoms with van der Waals surface area (Å²) in [6.07, 6.45) is 1.96. The number of carbonyl (C=O) groups is 4. The van der Waals surface area contributed by atoms with Crippen LogP contribution in [0.5, 0.6) is 0 Å². The van der Waals surface area contributed by atoms with E-state index in [1.165, 1.54) is 14.2 Å². The molecule has 4 N–H and O–H groups in total. The minimum absolute atomic E-state index is 0.118. The average Bonchev–Trinajstić information content (AvgIpc) is 4.08. The lowest BCUT2D eigenvalue weighted by molar-refractivity contribution is -0.136. The summed E-state index contributed by atoms with van der Waals surface area (Å²) >= 11 is 0. The first-order valence-electron chi connectivity index (χ1n) is 20.8. The van der Waals surface area contributed by atoms with Crippen LogP contribution in [0.3, 0.4) is 0 Å². The molecule has 2 saturated heterocycles. The molecule has 2 aromatic heterocycles. The number of methoxy groups -OCH3 is 2. The van der Waals surface area contributed by atoms with Crippen molar-refractivity contribution in [3.05, 3.63) is 84.4 Å². The number of rotatable bonds is 10. The molecule has 4 heterocycles. The molecular formula is C46H52N8O6. The fourth-order valence-corrected chi connectivity index (χ4v) is 8.91. The number of fused-ring (bicyclic) bond motifs is 3. The van der Waals surface area contributed by atoms with Gasteiger partial charge in [0, 0.05) is 13.1 Å². The number of aromatic amines is 2. The zero-order valence-corrected chi connectivity index (χ0v) is 34.9. The molecule has 60 heavy (non-hydrogen) atoms. The van der Waals surface area contributed by atoms with Gasteiger partial charge in [0.1, 0.15) is 23.7 Å². The first-order chi connectivity index (χ1) is 28.9. The SMILES string of the molecule is COC(=O)N[C@H](C(=O)N1CCC[C@H]1c1nc2ccc(-c3cccc4c(-c5ccc6nc([C@@H]7CCCN7C(=O)[C@@H](NC(=O)OC)C(C)C)[nH]c6c5)cccc34)cc2[nH]1)C(C)C. The Bertz CT molecular complexity index is 2420. The van der Waals surface area contributed by atoms with Crippen LogP contribution in [-0.4, -0.2) is 93.1 Å². The molecular weight excluding hydrogens is 761 g/mol. The van der Waals surface area contributed by atoms with Gasteiger partial charge in [0.15, 0.2) is 0 Å². The Morgan fingerprint density at radius 3 is 1.43 bits per heavy atom. The van der Waals surface area contributed by atoms with Gasteiger partial charge in [0.05, 0.1) is 48.4 Å². The second-order valence-corrected chi connectivity index (χ2v) is 16.5. The molecule has 14 heteroatoms. The maximum atomic E-state index is 13.7. The van der Waals surface area contributed by atoms with E-state index in [2.05, 4.69) is 81.3 Å².